The van der Waals surface area contributed by atoms with E-state index in [1.165, 1.54) is 23.6 Å². The lowest BCUT2D eigenvalue weighted by Gasteiger charge is -2.09. The summed E-state index contributed by atoms with van der Waals surface area (Å²) in [5.74, 6) is -0.343. The van der Waals surface area contributed by atoms with Crippen LogP contribution in [0, 0.1) is 5.92 Å². The maximum atomic E-state index is 12.9. The van der Waals surface area contributed by atoms with Crippen molar-refractivity contribution in [2.24, 2.45) is 10.9 Å². The summed E-state index contributed by atoms with van der Waals surface area (Å²) in [7, 11) is 0. The Balaban J connectivity index is 1.76. The van der Waals surface area contributed by atoms with E-state index in [0.29, 0.717) is 35.6 Å². The van der Waals surface area contributed by atoms with Crippen molar-refractivity contribution in [1.82, 2.24) is 4.98 Å². The number of allylic oxidation sites excluding steroid dienone is 1. The smallest absolute Gasteiger partial charge is 0.416 e. The van der Waals surface area contributed by atoms with Gasteiger partial charge in [0.1, 0.15) is 0 Å². The van der Waals surface area contributed by atoms with Gasteiger partial charge in [-0.15, -0.1) is 11.3 Å². The molecule has 0 bridgehead atoms. The fourth-order valence-corrected chi connectivity index (χ4v) is 3.90. The normalized spacial score (nSPS) is 17.1. The van der Waals surface area contributed by atoms with Gasteiger partial charge in [-0.05, 0) is 37.0 Å². The van der Waals surface area contributed by atoms with Gasteiger partial charge in [0.2, 0.25) is 0 Å². The summed E-state index contributed by atoms with van der Waals surface area (Å²) >= 11 is 1.36. The number of rotatable bonds is 5. The van der Waals surface area contributed by atoms with Crippen LogP contribution in [-0.4, -0.2) is 30.3 Å². The molecule has 4 nitrogen and oxygen atoms in total. The van der Waals surface area contributed by atoms with Gasteiger partial charge in [0, 0.05) is 25.4 Å². The van der Waals surface area contributed by atoms with Crippen molar-refractivity contribution in [2.75, 3.05) is 13.2 Å². The summed E-state index contributed by atoms with van der Waals surface area (Å²) in [5.41, 5.74) is 0.243. The molecule has 148 valence electrons. The molecule has 0 fully saturated rings. The van der Waals surface area contributed by atoms with Gasteiger partial charge in [0.25, 0.3) is 0 Å². The van der Waals surface area contributed by atoms with Gasteiger partial charge < -0.3 is 4.74 Å². The predicted molar refractivity (Wildman–Crippen MR) is 102 cm³/mol. The molecule has 2 heterocycles. The average Bonchev–Trinajstić information content (AvgIpc) is 2.99. The summed E-state index contributed by atoms with van der Waals surface area (Å²) in [5, 5.41) is 0.804. The number of aromatic nitrogens is 1. The maximum absolute atomic E-state index is 12.9. The van der Waals surface area contributed by atoms with Crippen molar-refractivity contribution < 1.29 is 22.7 Å². The van der Waals surface area contributed by atoms with E-state index in [9.17, 15) is 18.0 Å². The highest BCUT2D eigenvalue weighted by Gasteiger charge is 2.30. The van der Waals surface area contributed by atoms with Crippen LogP contribution in [0.25, 0.3) is 10.4 Å². The van der Waals surface area contributed by atoms with Crippen molar-refractivity contribution in [3.63, 3.8) is 0 Å². The molecule has 1 unspecified atom stereocenters. The van der Waals surface area contributed by atoms with Gasteiger partial charge in [-0.25, -0.2) is 9.78 Å². The first-order valence-corrected chi connectivity index (χ1v) is 9.69. The lowest BCUT2D eigenvalue weighted by atomic mass is 9.99. The highest BCUT2D eigenvalue weighted by Crippen LogP contribution is 2.34. The quantitative estimate of drug-likeness (QED) is 0.658. The van der Waals surface area contributed by atoms with E-state index in [0.717, 1.165) is 23.6 Å². The zero-order valence-electron chi connectivity index (χ0n) is 15.2. The molecule has 1 atom stereocenters. The number of nitrogens with zero attached hydrogens (tertiary/aromatic N) is 2. The summed E-state index contributed by atoms with van der Waals surface area (Å²) in [4.78, 5) is 21.2. The number of ether oxygens (including phenoxy) is 1. The number of thiazole rings is 1. The van der Waals surface area contributed by atoms with Crippen LogP contribution in [0.1, 0.15) is 23.9 Å². The highest BCUT2D eigenvalue weighted by molar-refractivity contribution is 7.15. The Morgan fingerprint density at radius 2 is 2.18 bits per heavy atom. The second kappa shape index (κ2) is 8.68. The number of carbonyl (C=O) groups is 1. The van der Waals surface area contributed by atoms with Crippen molar-refractivity contribution in [1.29, 1.82) is 0 Å². The number of hydrogen-bond donors (Lipinski definition) is 0. The molecule has 1 aromatic carbocycles. The van der Waals surface area contributed by atoms with Crippen LogP contribution in [0.4, 0.5) is 13.2 Å². The van der Waals surface area contributed by atoms with Crippen molar-refractivity contribution in [3.8, 4) is 10.4 Å². The topological polar surface area (TPSA) is 51.5 Å². The van der Waals surface area contributed by atoms with E-state index in [2.05, 4.69) is 9.98 Å². The highest BCUT2D eigenvalue weighted by atomic mass is 32.1. The van der Waals surface area contributed by atoms with E-state index >= 15 is 0 Å². The zero-order chi connectivity index (χ0) is 20.1. The van der Waals surface area contributed by atoms with Gasteiger partial charge in [-0.2, -0.15) is 13.2 Å². The molecule has 0 spiro atoms. The number of benzene rings is 1. The predicted octanol–water partition coefficient (Wildman–Crippen LogP) is 4.95. The molecular formula is C20H19F3N2O2S. The monoisotopic (exact) mass is 408 g/mol. The Morgan fingerprint density at radius 1 is 1.36 bits per heavy atom. The van der Waals surface area contributed by atoms with E-state index in [4.69, 9.17) is 4.74 Å². The summed E-state index contributed by atoms with van der Waals surface area (Å²) in [6, 6.07) is 5.23. The Hall–Kier alpha value is -2.48. The van der Waals surface area contributed by atoms with E-state index < -0.39 is 17.7 Å². The molecule has 2 aromatic rings. The van der Waals surface area contributed by atoms with E-state index in [-0.39, 0.29) is 5.92 Å². The summed E-state index contributed by atoms with van der Waals surface area (Å²) in [6.07, 6.45) is 1.96. The lowest BCUT2D eigenvalue weighted by molar-refractivity contribution is -0.138. The summed E-state index contributed by atoms with van der Waals surface area (Å²) in [6.45, 7) is 2.63. The first kappa shape index (κ1) is 20.3. The van der Waals surface area contributed by atoms with Crippen LogP contribution >= 0.6 is 11.3 Å². The van der Waals surface area contributed by atoms with Crippen LogP contribution in [0.5, 0.6) is 0 Å². The number of halogens is 3. The number of esters is 1. The maximum Gasteiger partial charge on any atom is 0.416 e. The molecule has 8 heteroatoms. The standard InChI is InChI=1S/C20H19F3N2O2S/c1-2-27-19(26)15-8-13(6-7-24-11-15)9-18-25-12-17(28-18)14-4-3-5-16(10-14)20(21,22)23/h3-5,8,10-13H,2,6-7,9H2,1H3. The van der Waals surface area contributed by atoms with Gasteiger partial charge >= 0.3 is 12.1 Å². The molecular weight excluding hydrogens is 389 g/mol. The minimum Gasteiger partial charge on any atom is -0.462 e. The molecule has 0 amide bonds. The number of alkyl halides is 3. The Bertz CT molecular complexity index is 903. The molecule has 28 heavy (non-hydrogen) atoms. The Kier molecular flexibility index (Phi) is 6.28. The molecule has 3 rings (SSSR count). The molecule has 0 N–H and O–H groups in total. The van der Waals surface area contributed by atoms with E-state index in [1.54, 1.807) is 19.2 Å². The third-order valence-electron chi connectivity index (χ3n) is 4.25. The Morgan fingerprint density at radius 3 is 2.93 bits per heavy atom. The lowest BCUT2D eigenvalue weighted by Crippen LogP contribution is -2.10. The fourth-order valence-electron chi connectivity index (χ4n) is 2.89. The molecule has 1 aliphatic heterocycles. The molecule has 0 radical (unpaired) electrons. The third-order valence-corrected chi connectivity index (χ3v) is 5.32. The van der Waals surface area contributed by atoms with Crippen LogP contribution in [0.3, 0.4) is 0 Å². The van der Waals surface area contributed by atoms with Crippen LogP contribution in [0.2, 0.25) is 0 Å². The first-order chi connectivity index (χ1) is 13.4. The average molecular weight is 408 g/mol. The van der Waals surface area contributed by atoms with Gasteiger partial charge in [-0.3, -0.25) is 4.99 Å². The summed E-state index contributed by atoms with van der Waals surface area (Å²) < 4.78 is 43.8. The number of aliphatic imine (C=N–C) groups is 1. The molecule has 1 aliphatic rings. The first-order valence-electron chi connectivity index (χ1n) is 8.88. The zero-order valence-corrected chi connectivity index (χ0v) is 16.0. The van der Waals surface area contributed by atoms with Crippen molar-refractivity contribution in [3.05, 3.63) is 52.7 Å². The second-order valence-corrected chi connectivity index (χ2v) is 7.44. The minimum atomic E-state index is -4.38. The van der Waals surface area contributed by atoms with Gasteiger partial charge in [0.05, 0.1) is 27.6 Å². The van der Waals surface area contributed by atoms with E-state index in [1.807, 2.05) is 6.08 Å². The largest absolute Gasteiger partial charge is 0.462 e. The van der Waals surface area contributed by atoms with Gasteiger partial charge in [0.15, 0.2) is 0 Å². The van der Waals surface area contributed by atoms with Crippen LogP contribution < -0.4 is 0 Å². The molecule has 0 saturated carbocycles. The molecule has 0 saturated heterocycles. The van der Waals surface area contributed by atoms with Gasteiger partial charge in [-0.1, -0.05) is 18.2 Å². The van der Waals surface area contributed by atoms with Crippen molar-refractivity contribution >= 4 is 23.5 Å². The number of carbonyl (C=O) groups excluding carboxylic acids is 1. The SMILES string of the molecule is CCOC(=O)C1=CC(Cc2ncc(-c3cccc(C(F)(F)F)c3)s2)CCN=C1. The third kappa shape index (κ3) is 5.07. The Labute approximate surface area is 164 Å². The number of hydrogen-bond acceptors (Lipinski definition) is 5. The minimum absolute atomic E-state index is 0.0578. The van der Waals surface area contributed by atoms with Crippen LogP contribution in [0.15, 0.2) is 47.1 Å². The second-order valence-electron chi connectivity index (χ2n) is 6.33. The molecule has 0 aliphatic carbocycles. The molecule has 1 aromatic heterocycles. The van der Waals surface area contributed by atoms with Crippen molar-refractivity contribution in [2.45, 2.75) is 25.9 Å². The fraction of sp³-hybridized carbons (Fsp3) is 0.350. The van der Waals surface area contributed by atoms with Crippen LogP contribution in [-0.2, 0) is 22.1 Å².